The highest BCUT2D eigenvalue weighted by Gasteiger charge is 2.05. The van der Waals surface area contributed by atoms with Crippen molar-refractivity contribution in [1.82, 2.24) is 5.32 Å². The molecule has 0 saturated heterocycles. The van der Waals surface area contributed by atoms with E-state index in [1.807, 2.05) is 0 Å². The number of benzene rings is 1. The average Bonchev–Trinajstić information content (AvgIpc) is 2.37. The van der Waals surface area contributed by atoms with Gasteiger partial charge in [0.05, 0.1) is 20.3 Å². The molecular weight excluding hydrogens is 238 g/mol. The van der Waals surface area contributed by atoms with Crippen molar-refractivity contribution in [2.24, 2.45) is 0 Å². The van der Waals surface area contributed by atoms with E-state index in [0.717, 1.165) is 38.5 Å². The maximum atomic E-state index is 5.63. The zero-order valence-corrected chi connectivity index (χ0v) is 12.7. The van der Waals surface area contributed by atoms with E-state index in [2.05, 4.69) is 38.2 Å². The van der Waals surface area contributed by atoms with Crippen LogP contribution in [-0.4, -0.2) is 33.4 Å². The fourth-order valence-corrected chi connectivity index (χ4v) is 2.24. The van der Waals surface area contributed by atoms with Gasteiger partial charge < -0.3 is 14.8 Å². The molecule has 0 spiro atoms. The smallest absolute Gasteiger partial charge is 0.124 e. The molecule has 0 bridgehead atoms. The molecule has 0 aliphatic carbocycles. The second-order valence-corrected chi connectivity index (χ2v) is 4.88. The van der Waals surface area contributed by atoms with Crippen molar-refractivity contribution in [3.8, 4) is 5.75 Å². The molecule has 1 rings (SSSR count). The molecular formula is C16H27NO2. The van der Waals surface area contributed by atoms with Crippen LogP contribution in [0.1, 0.15) is 30.0 Å². The number of ether oxygens (including phenoxy) is 2. The van der Waals surface area contributed by atoms with E-state index >= 15 is 0 Å². The van der Waals surface area contributed by atoms with E-state index in [9.17, 15) is 0 Å². The first kappa shape index (κ1) is 16.0. The molecule has 0 heterocycles. The van der Waals surface area contributed by atoms with Crippen LogP contribution in [0.5, 0.6) is 5.75 Å². The van der Waals surface area contributed by atoms with Gasteiger partial charge in [-0.2, -0.15) is 0 Å². The third-order valence-electron chi connectivity index (χ3n) is 3.11. The maximum Gasteiger partial charge on any atom is 0.124 e. The standard InChI is InChI=1S/C16H27NO2/c1-5-7-17-8-10-19-9-6-15-11-13(2)16(18-4)14(3)12-15/h11-12,17H,5-10H2,1-4H3. The minimum Gasteiger partial charge on any atom is -0.496 e. The summed E-state index contributed by atoms with van der Waals surface area (Å²) in [4.78, 5) is 0. The molecule has 0 saturated carbocycles. The molecule has 0 aromatic heterocycles. The first-order chi connectivity index (χ1) is 9.19. The van der Waals surface area contributed by atoms with Gasteiger partial charge in [-0.15, -0.1) is 0 Å². The molecule has 108 valence electrons. The summed E-state index contributed by atoms with van der Waals surface area (Å²) in [5.41, 5.74) is 3.71. The van der Waals surface area contributed by atoms with E-state index in [1.54, 1.807) is 7.11 Å². The largest absolute Gasteiger partial charge is 0.496 e. The molecule has 3 nitrogen and oxygen atoms in total. The van der Waals surface area contributed by atoms with Gasteiger partial charge in [-0.25, -0.2) is 0 Å². The summed E-state index contributed by atoms with van der Waals surface area (Å²) in [7, 11) is 1.72. The molecule has 0 atom stereocenters. The Kier molecular flexibility index (Phi) is 7.53. The van der Waals surface area contributed by atoms with E-state index < -0.39 is 0 Å². The fourth-order valence-electron chi connectivity index (χ4n) is 2.24. The van der Waals surface area contributed by atoms with E-state index in [4.69, 9.17) is 9.47 Å². The summed E-state index contributed by atoms with van der Waals surface area (Å²) in [6.45, 7) is 9.92. The van der Waals surface area contributed by atoms with Gasteiger partial charge in [0.15, 0.2) is 0 Å². The van der Waals surface area contributed by atoms with E-state index in [1.165, 1.54) is 23.1 Å². The van der Waals surface area contributed by atoms with Gasteiger partial charge in [0.1, 0.15) is 5.75 Å². The molecule has 0 radical (unpaired) electrons. The Balaban J connectivity index is 2.30. The lowest BCUT2D eigenvalue weighted by molar-refractivity contribution is 0.139. The Hall–Kier alpha value is -1.06. The quantitative estimate of drug-likeness (QED) is 0.696. The van der Waals surface area contributed by atoms with Gasteiger partial charge in [0.25, 0.3) is 0 Å². The molecule has 19 heavy (non-hydrogen) atoms. The Bertz CT molecular complexity index is 354. The minimum absolute atomic E-state index is 0.777. The summed E-state index contributed by atoms with van der Waals surface area (Å²) in [6, 6.07) is 4.37. The first-order valence-electron chi connectivity index (χ1n) is 7.11. The highest BCUT2D eigenvalue weighted by Crippen LogP contribution is 2.24. The second kappa shape index (κ2) is 8.94. The number of rotatable bonds is 9. The molecule has 0 amide bonds. The van der Waals surface area contributed by atoms with Gasteiger partial charge >= 0.3 is 0 Å². The Morgan fingerprint density at radius 1 is 1.05 bits per heavy atom. The summed E-state index contributed by atoms with van der Waals surface area (Å²) < 4.78 is 11.0. The normalized spacial score (nSPS) is 10.7. The number of nitrogens with one attached hydrogen (secondary N) is 1. The Labute approximate surface area is 117 Å². The summed E-state index contributed by atoms with van der Waals surface area (Å²) in [6.07, 6.45) is 2.13. The van der Waals surface area contributed by atoms with Crippen molar-refractivity contribution in [2.45, 2.75) is 33.6 Å². The van der Waals surface area contributed by atoms with Crippen molar-refractivity contribution >= 4 is 0 Å². The molecule has 1 aromatic rings. The van der Waals surface area contributed by atoms with Crippen molar-refractivity contribution in [3.63, 3.8) is 0 Å². The number of aryl methyl sites for hydroxylation is 2. The summed E-state index contributed by atoms with van der Waals surface area (Å²) >= 11 is 0. The topological polar surface area (TPSA) is 30.5 Å². The van der Waals surface area contributed by atoms with Crippen LogP contribution in [0, 0.1) is 13.8 Å². The van der Waals surface area contributed by atoms with Crippen LogP contribution in [0.4, 0.5) is 0 Å². The van der Waals surface area contributed by atoms with Crippen LogP contribution in [0.3, 0.4) is 0 Å². The predicted octanol–water partition coefficient (Wildman–Crippen LogP) is 2.87. The first-order valence-corrected chi connectivity index (χ1v) is 7.11. The second-order valence-electron chi connectivity index (χ2n) is 4.88. The van der Waals surface area contributed by atoms with E-state index in [-0.39, 0.29) is 0 Å². The number of hydrogen-bond acceptors (Lipinski definition) is 3. The fraction of sp³-hybridized carbons (Fsp3) is 0.625. The molecule has 0 fully saturated rings. The molecule has 1 aromatic carbocycles. The van der Waals surface area contributed by atoms with Crippen LogP contribution < -0.4 is 10.1 Å². The predicted molar refractivity (Wildman–Crippen MR) is 80.2 cm³/mol. The van der Waals surface area contributed by atoms with Crippen LogP contribution in [0.25, 0.3) is 0 Å². The van der Waals surface area contributed by atoms with Gasteiger partial charge in [0.2, 0.25) is 0 Å². The van der Waals surface area contributed by atoms with Crippen molar-refractivity contribution in [2.75, 3.05) is 33.4 Å². The van der Waals surface area contributed by atoms with Gasteiger partial charge in [0, 0.05) is 6.54 Å². The van der Waals surface area contributed by atoms with Crippen LogP contribution in [0.2, 0.25) is 0 Å². The lowest BCUT2D eigenvalue weighted by Crippen LogP contribution is -2.20. The lowest BCUT2D eigenvalue weighted by Gasteiger charge is -2.11. The van der Waals surface area contributed by atoms with Crippen LogP contribution in [0.15, 0.2) is 12.1 Å². The zero-order chi connectivity index (χ0) is 14.1. The molecule has 3 heteroatoms. The van der Waals surface area contributed by atoms with Crippen LogP contribution in [-0.2, 0) is 11.2 Å². The minimum atomic E-state index is 0.777. The van der Waals surface area contributed by atoms with Gasteiger partial charge in [-0.05, 0) is 49.9 Å². The van der Waals surface area contributed by atoms with Gasteiger partial charge in [-0.3, -0.25) is 0 Å². The molecule has 1 N–H and O–H groups in total. The highest BCUT2D eigenvalue weighted by atomic mass is 16.5. The Morgan fingerprint density at radius 2 is 1.74 bits per heavy atom. The Morgan fingerprint density at radius 3 is 2.32 bits per heavy atom. The van der Waals surface area contributed by atoms with Gasteiger partial charge in [-0.1, -0.05) is 19.1 Å². The summed E-state index contributed by atoms with van der Waals surface area (Å²) in [5.74, 6) is 0.994. The lowest BCUT2D eigenvalue weighted by atomic mass is 10.0. The van der Waals surface area contributed by atoms with E-state index in [0.29, 0.717) is 0 Å². The van der Waals surface area contributed by atoms with Crippen molar-refractivity contribution in [1.29, 1.82) is 0 Å². The maximum absolute atomic E-state index is 5.63. The third-order valence-corrected chi connectivity index (χ3v) is 3.11. The summed E-state index contributed by atoms with van der Waals surface area (Å²) in [5, 5.41) is 3.33. The monoisotopic (exact) mass is 265 g/mol. The van der Waals surface area contributed by atoms with Crippen molar-refractivity contribution < 1.29 is 9.47 Å². The number of methoxy groups -OCH3 is 1. The van der Waals surface area contributed by atoms with Crippen molar-refractivity contribution in [3.05, 3.63) is 28.8 Å². The molecule has 0 aliphatic rings. The SMILES string of the molecule is CCCNCCOCCc1cc(C)c(OC)c(C)c1. The number of hydrogen-bond donors (Lipinski definition) is 1. The highest BCUT2D eigenvalue weighted by molar-refractivity contribution is 5.43. The molecule has 0 unspecified atom stereocenters. The molecule has 0 aliphatic heterocycles. The average molecular weight is 265 g/mol. The zero-order valence-electron chi connectivity index (χ0n) is 12.7. The van der Waals surface area contributed by atoms with Crippen LogP contribution >= 0.6 is 0 Å². The third kappa shape index (κ3) is 5.62.